The average Bonchev–Trinajstić information content (AvgIpc) is 3.37. The molecule has 0 saturated carbocycles. The molecule has 0 bridgehead atoms. The highest BCUT2D eigenvalue weighted by Gasteiger charge is 2.29. The zero-order chi connectivity index (χ0) is 20.4. The highest BCUT2D eigenvalue weighted by molar-refractivity contribution is 5.94. The molecule has 1 fully saturated rings. The number of carbonyl (C=O) groups is 1. The lowest BCUT2D eigenvalue weighted by Gasteiger charge is -2.14. The summed E-state index contributed by atoms with van der Waals surface area (Å²) in [5, 5.41) is 13.0. The first-order valence-electron chi connectivity index (χ1n) is 9.62. The highest BCUT2D eigenvalue weighted by atomic mass is 16.5. The Morgan fingerprint density at radius 3 is 2.72 bits per heavy atom. The van der Waals surface area contributed by atoms with E-state index in [9.17, 15) is 4.79 Å². The number of methoxy groups -OCH3 is 1. The van der Waals surface area contributed by atoms with Crippen LogP contribution in [0.4, 0.5) is 0 Å². The molecule has 3 N–H and O–H groups in total. The smallest absolute Gasteiger partial charge is 0.252 e. The van der Waals surface area contributed by atoms with Crippen molar-refractivity contribution in [2.45, 2.75) is 32.1 Å². The Hall–Kier alpha value is -3.34. The molecule has 2 heterocycles. The third-order valence-electron chi connectivity index (χ3n) is 5.30. The number of amides is 1. The van der Waals surface area contributed by atoms with E-state index in [2.05, 4.69) is 51.9 Å². The molecule has 2 aromatic carbocycles. The van der Waals surface area contributed by atoms with Crippen molar-refractivity contribution < 1.29 is 9.53 Å². The number of nitriles is 1. The normalized spacial score (nSPS) is 18.5. The molecule has 7 heteroatoms. The summed E-state index contributed by atoms with van der Waals surface area (Å²) in [6, 6.07) is 17.0. The van der Waals surface area contributed by atoms with E-state index in [1.807, 2.05) is 6.07 Å². The Morgan fingerprint density at radius 1 is 1.24 bits per heavy atom. The Bertz CT molecular complexity index is 1080. The summed E-state index contributed by atoms with van der Waals surface area (Å²) in [6.45, 7) is 2.96. The van der Waals surface area contributed by atoms with Crippen LogP contribution in [0.1, 0.15) is 41.0 Å². The van der Waals surface area contributed by atoms with Crippen molar-refractivity contribution in [1.82, 2.24) is 20.7 Å². The molecule has 2 unspecified atom stereocenters. The maximum atomic E-state index is 12.5. The molecule has 1 saturated heterocycles. The zero-order valence-electron chi connectivity index (χ0n) is 16.4. The Labute approximate surface area is 169 Å². The van der Waals surface area contributed by atoms with Crippen molar-refractivity contribution in [2.24, 2.45) is 0 Å². The monoisotopic (exact) mass is 389 g/mol. The third kappa shape index (κ3) is 3.68. The van der Waals surface area contributed by atoms with Crippen LogP contribution >= 0.6 is 0 Å². The van der Waals surface area contributed by atoms with E-state index >= 15 is 0 Å². The van der Waals surface area contributed by atoms with E-state index in [1.165, 1.54) is 5.69 Å². The molecule has 1 aromatic heterocycles. The summed E-state index contributed by atoms with van der Waals surface area (Å²) in [6.07, 6.45) is 0.524. The van der Waals surface area contributed by atoms with Gasteiger partial charge in [-0.2, -0.15) is 5.26 Å². The molecule has 0 spiro atoms. The number of rotatable bonds is 5. The first-order chi connectivity index (χ1) is 14.1. The van der Waals surface area contributed by atoms with E-state index in [0.717, 1.165) is 29.6 Å². The number of hydrogen-bond acceptors (Lipinski definition) is 5. The van der Waals surface area contributed by atoms with Crippen LogP contribution in [0.15, 0.2) is 48.5 Å². The molecule has 1 aliphatic rings. The van der Waals surface area contributed by atoms with E-state index in [0.29, 0.717) is 11.1 Å². The minimum atomic E-state index is -0.194. The maximum Gasteiger partial charge on any atom is 0.252 e. The predicted octanol–water partition coefficient (Wildman–Crippen LogP) is 2.84. The second kappa shape index (κ2) is 7.95. The number of carbonyl (C=O) groups excluding carboxylic acids is 1. The zero-order valence-corrected chi connectivity index (χ0v) is 16.4. The van der Waals surface area contributed by atoms with E-state index in [-0.39, 0.29) is 18.1 Å². The first kappa shape index (κ1) is 19.0. The van der Waals surface area contributed by atoms with Gasteiger partial charge in [0.2, 0.25) is 0 Å². The molecule has 148 valence electrons. The number of ether oxygens (including phenoxy) is 1. The summed E-state index contributed by atoms with van der Waals surface area (Å²) in [5.74, 6) is 0.664. The molecule has 29 heavy (non-hydrogen) atoms. The number of hydrogen-bond donors (Lipinski definition) is 3. The van der Waals surface area contributed by atoms with Gasteiger partial charge in [0.15, 0.2) is 0 Å². The number of hydrazine groups is 1. The Balaban J connectivity index is 1.49. The van der Waals surface area contributed by atoms with Crippen molar-refractivity contribution in [3.05, 3.63) is 65.4 Å². The molecule has 2 atom stereocenters. The van der Waals surface area contributed by atoms with Gasteiger partial charge in [-0.3, -0.25) is 4.79 Å². The molecule has 0 aliphatic carbocycles. The van der Waals surface area contributed by atoms with Gasteiger partial charge in [-0.25, -0.2) is 10.9 Å². The largest absolute Gasteiger partial charge is 0.497 e. The van der Waals surface area contributed by atoms with E-state index < -0.39 is 0 Å². The standard InChI is InChI=1S/C22H23N5O2/c1-3-27-19-11-17(29-2)9-8-16(19)10-20(27)18-12-21(26-25-18)24-22(28)15-6-4-14(13-23)5-7-15/h4-11,18,21,25-26H,3,12H2,1-2H3,(H,24,28). The fourth-order valence-corrected chi connectivity index (χ4v) is 3.81. The molecule has 4 rings (SSSR count). The molecule has 7 nitrogen and oxygen atoms in total. The summed E-state index contributed by atoms with van der Waals surface area (Å²) in [5.41, 5.74) is 9.84. The van der Waals surface area contributed by atoms with Gasteiger partial charge < -0.3 is 14.6 Å². The third-order valence-corrected chi connectivity index (χ3v) is 5.30. The lowest BCUT2D eigenvalue weighted by atomic mass is 10.1. The number of aryl methyl sites for hydroxylation is 1. The Morgan fingerprint density at radius 2 is 2.03 bits per heavy atom. The number of nitrogens with zero attached hydrogens (tertiary/aromatic N) is 2. The minimum absolute atomic E-state index is 0.0691. The van der Waals surface area contributed by atoms with Crippen LogP contribution in [0.3, 0.4) is 0 Å². The SMILES string of the molecule is CCn1c(C2CC(NC(=O)c3ccc(C#N)cc3)NN2)cc2ccc(OC)cc21. The van der Waals surface area contributed by atoms with Gasteiger partial charge >= 0.3 is 0 Å². The van der Waals surface area contributed by atoms with Crippen LogP contribution in [-0.2, 0) is 6.54 Å². The second-order valence-electron chi connectivity index (χ2n) is 7.03. The van der Waals surface area contributed by atoms with Crippen molar-refractivity contribution in [3.8, 4) is 11.8 Å². The van der Waals surface area contributed by atoms with Crippen molar-refractivity contribution >= 4 is 16.8 Å². The lowest BCUT2D eigenvalue weighted by Crippen LogP contribution is -2.44. The maximum absolute atomic E-state index is 12.5. The minimum Gasteiger partial charge on any atom is -0.497 e. The number of nitrogens with one attached hydrogen (secondary N) is 3. The average molecular weight is 389 g/mol. The quantitative estimate of drug-likeness (QED) is 0.624. The summed E-state index contributed by atoms with van der Waals surface area (Å²) < 4.78 is 7.63. The molecular formula is C22H23N5O2. The van der Waals surface area contributed by atoms with Crippen LogP contribution in [0.25, 0.3) is 10.9 Å². The van der Waals surface area contributed by atoms with Crippen molar-refractivity contribution in [1.29, 1.82) is 5.26 Å². The van der Waals surface area contributed by atoms with Crippen molar-refractivity contribution in [3.63, 3.8) is 0 Å². The van der Waals surface area contributed by atoms with Crippen LogP contribution in [-0.4, -0.2) is 23.7 Å². The molecule has 0 radical (unpaired) electrons. The van der Waals surface area contributed by atoms with Gasteiger partial charge in [0.25, 0.3) is 5.91 Å². The topological polar surface area (TPSA) is 91.1 Å². The van der Waals surface area contributed by atoms with Gasteiger partial charge in [0.05, 0.1) is 36.5 Å². The fraction of sp³-hybridized carbons (Fsp3) is 0.273. The predicted molar refractivity (Wildman–Crippen MR) is 110 cm³/mol. The Kier molecular flexibility index (Phi) is 5.21. The van der Waals surface area contributed by atoms with Gasteiger partial charge in [0.1, 0.15) is 5.75 Å². The second-order valence-corrected chi connectivity index (χ2v) is 7.03. The first-order valence-corrected chi connectivity index (χ1v) is 9.62. The van der Waals surface area contributed by atoms with E-state index in [4.69, 9.17) is 10.00 Å². The van der Waals surface area contributed by atoms with E-state index in [1.54, 1.807) is 31.4 Å². The molecule has 1 aliphatic heterocycles. The van der Waals surface area contributed by atoms with Gasteiger partial charge in [0, 0.05) is 35.7 Å². The molecule has 3 aromatic rings. The van der Waals surface area contributed by atoms with Crippen LogP contribution in [0.5, 0.6) is 5.75 Å². The summed E-state index contributed by atoms with van der Waals surface area (Å²) >= 11 is 0. The molecular weight excluding hydrogens is 366 g/mol. The van der Waals surface area contributed by atoms with Crippen LogP contribution < -0.4 is 20.9 Å². The van der Waals surface area contributed by atoms with Crippen LogP contribution in [0.2, 0.25) is 0 Å². The number of benzene rings is 2. The lowest BCUT2D eigenvalue weighted by molar-refractivity contribution is 0.0932. The van der Waals surface area contributed by atoms with Gasteiger partial charge in [-0.15, -0.1) is 0 Å². The summed E-state index contributed by atoms with van der Waals surface area (Å²) in [4.78, 5) is 12.5. The van der Waals surface area contributed by atoms with Gasteiger partial charge in [-0.1, -0.05) is 0 Å². The van der Waals surface area contributed by atoms with Gasteiger partial charge in [-0.05, 0) is 49.4 Å². The highest BCUT2D eigenvalue weighted by Crippen LogP contribution is 2.30. The number of fused-ring (bicyclic) bond motifs is 1. The summed E-state index contributed by atoms with van der Waals surface area (Å²) in [7, 11) is 1.67. The molecule has 1 amide bonds. The fourth-order valence-electron chi connectivity index (χ4n) is 3.81. The number of aromatic nitrogens is 1. The van der Waals surface area contributed by atoms with Crippen LogP contribution in [0, 0.1) is 11.3 Å². The van der Waals surface area contributed by atoms with Crippen molar-refractivity contribution in [2.75, 3.05) is 7.11 Å².